The molecular weight excluding hydrogens is 552 g/mol. The molecular formula is C23H24N6O8S2. The van der Waals surface area contributed by atoms with E-state index in [-0.39, 0.29) is 45.5 Å². The number of carbonyl (C=O) groups is 1. The smallest absolute Gasteiger partial charge is 0.340 e. The van der Waals surface area contributed by atoms with Gasteiger partial charge in [-0.3, -0.25) is 4.55 Å². The van der Waals surface area contributed by atoms with Crippen molar-refractivity contribution in [3.05, 3.63) is 60.2 Å². The molecule has 0 aromatic heterocycles. The second-order valence-electron chi connectivity index (χ2n) is 7.72. The number of aliphatic hydroxyl groups excluding tert-OH is 1. The quantitative estimate of drug-likeness (QED) is 0.118. The van der Waals surface area contributed by atoms with Gasteiger partial charge in [-0.05, 0) is 43.3 Å². The molecule has 0 fully saturated rings. The van der Waals surface area contributed by atoms with Crippen molar-refractivity contribution in [2.24, 2.45) is 20.5 Å². The number of rotatable bonds is 10. The first-order valence-electron chi connectivity index (χ1n) is 11.1. The highest BCUT2D eigenvalue weighted by atomic mass is 32.2. The number of nitrogens with two attached hydrogens (primary N) is 2. The number of azo groups is 2. The molecule has 0 unspecified atom stereocenters. The second kappa shape index (κ2) is 12.1. The van der Waals surface area contributed by atoms with Gasteiger partial charge in [0.25, 0.3) is 10.1 Å². The number of sulfone groups is 1. The average Bonchev–Trinajstić information content (AvgIpc) is 2.88. The summed E-state index contributed by atoms with van der Waals surface area (Å²) in [6, 6.07) is 12.2. The normalized spacial score (nSPS) is 12.3. The summed E-state index contributed by atoms with van der Waals surface area (Å²) in [7, 11) is -8.67. The van der Waals surface area contributed by atoms with E-state index in [0.717, 1.165) is 6.07 Å². The van der Waals surface area contributed by atoms with Crippen molar-refractivity contribution in [2.45, 2.75) is 16.7 Å². The molecule has 16 heteroatoms. The molecule has 0 amide bonds. The topological polar surface area (TPSA) is 237 Å². The van der Waals surface area contributed by atoms with Gasteiger partial charge in [0.05, 0.1) is 46.5 Å². The van der Waals surface area contributed by atoms with Crippen molar-refractivity contribution in [1.82, 2.24) is 0 Å². The van der Waals surface area contributed by atoms with Crippen LogP contribution in [-0.4, -0.2) is 51.4 Å². The zero-order valence-electron chi connectivity index (χ0n) is 20.4. The van der Waals surface area contributed by atoms with Crippen LogP contribution < -0.4 is 11.5 Å². The van der Waals surface area contributed by atoms with Crippen molar-refractivity contribution in [3.63, 3.8) is 0 Å². The van der Waals surface area contributed by atoms with Gasteiger partial charge >= 0.3 is 5.97 Å². The molecule has 0 radical (unpaired) electrons. The number of hydrogen-bond acceptors (Lipinski definition) is 13. The first-order chi connectivity index (χ1) is 18.4. The van der Waals surface area contributed by atoms with Crippen LogP contribution in [0.3, 0.4) is 0 Å². The maximum atomic E-state index is 12.2. The second-order valence-corrected chi connectivity index (χ2v) is 11.2. The van der Waals surface area contributed by atoms with Crippen LogP contribution in [-0.2, 0) is 24.7 Å². The van der Waals surface area contributed by atoms with Gasteiger partial charge < -0.3 is 21.3 Å². The van der Waals surface area contributed by atoms with Crippen molar-refractivity contribution in [2.75, 3.05) is 30.4 Å². The zero-order chi connectivity index (χ0) is 28.8. The lowest BCUT2D eigenvalue weighted by Gasteiger charge is -2.10. The monoisotopic (exact) mass is 576 g/mol. The van der Waals surface area contributed by atoms with E-state index in [9.17, 15) is 26.2 Å². The predicted molar refractivity (Wildman–Crippen MR) is 141 cm³/mol. The summed E-state index contributed by atoms with van der Waals surface area (Å²) in [6.45, 7) is 1.18. The SMILES string of the molecule is CCOC(=O)c1ccccc1/N=N/c1cc(S(=O)(=O)O)c(N)c(/N=N/c2cccc(S(=O)(=O)CCO)c2)c1N. The summed E-state index contributed by atoms with van der Waals surface area (Å²) in [5.41, 5.74) is 10.8. The Morgan fingerprint density at radius 1 is 0.897 bits per heavy atom. The first-order valence-corrected chi connectivity index (χ1v) is 14.2. The number of hydrogen-bond donors (Lipinski definition) is 4. The van der Waals surface area contributed by atoms with Crippen molar-refractivity contribution >= 4 is 60.0 Å². The zero-order valence-corrected chi connectivity index (χ0v) is 22.1. The summed E-state index contributed by atoms with van der Waals surface area (Å²) in [4.78, 5) is 11.3. The van der Waals surface area contributed by atoms with E-state index >= 15 is 0 Å². The van der Waals surface area contributed by atoms with Crippen LogP contribution in [0.25, 0.3) is 0 Å². The van der Waals surface area contributed by atoms with Crippen LogP contribution in [0.15, 0.2) is 84.8 Å². The van der Waals surface area contributed by atoms with Crippen molar-refractivity contribution in [3.8, 4) is 0 Å². The highest BCUT2D eigenvalue weighted by Crippen LogP contribution is 2.43. The molecule has 3 aromatic carbocycles. The van der Waals surface area contributed by atoms with Crippen LogP contribution in [0.1, 0.15) is 17.3 Å². The van der Waals surface area contributed by atoms with Gasteiger partial charge in [0.2, 0.25) is 0 Å². The van der Waals surface area contributed by atoms with Crippen LogP contribution in [0.4, 0.5) is 34.1 Å². The molecule has 0 aliphatic rings. The fourth-order valence-corrected chi connectivity index (χ4v) is 4.90. The molecule has 3 aromatic rings. The number of nitrogen functional groups attached to an aromatic ring is 2. The first kappa shape index (κ1) is 29.3. The Kier molecular flexibility index (Phi) is 9.08. The number of benzene rings is 3. The van der Waals surface area contributed by atoms with Crippen molar-refractivity contribution < 1.29 is 36.0 Å². The van der Waals surface area contributed by atoms with E-state index in [0.29, 0.717) is 0 Å². The Balaban J connectivity index is 2.11. The van der Waals surface area contributed by atoms with Crippen LogP contribution >= 0.6 is 0 Å². The minimum atomic E-state index is -4.88. The van der Waals surface area contributed by atoms with Gasteiger partial charge in [-0.1, -0.05) is 18.2 Å². The van der Waals surface area contributed by atoms with Crippen LogP contribution in [0, 0.1) is 0 Å². The van der Waals surface area contributed by atoms with Gasteiger partial charge in [0, 0.05) is 0 Å². The Bertz CT molecular complexity index is 1670. The summed E-state index contributed by atoms with van der Waals surface area (Å²) < 4.78 is 63.1. The van der Waals surface area contributed by atoms with E-state index in [1.54, 1.807) is 19.1 Å². The molecule has 6 N–H and O–H groups in total. The number of nitrogens with zero attached hydrogens (tertiary/aromatic N) is 4. The van der Waals surface area contributed by atoms with E-state index < -0.39 is 48.9 Å². The molecule has 0 heterocycles. The Labute approximate surface area is 223 Å². The molecule has 0 aliphatic carbocycles. The molecule has 14 nitrogen and oxygen atoms in total. The molecule has 39 heavy (non-hydrogen) atoms. The highest BCUT2D eigenvalue weighted by Gasteiger charge is 2.23. The third-order valence-electron chi connectivity index (χ3n) is 5.06. The van der Waals surface area contributed by atoms with Gasteiger partial charge in [0.1, 0.15) is 22.0 Å². The summed E-state index contributed by atoms with van der Waals surface area (Å²) in [5.74, 6) is -1.16. The van der Waals surface area contributed by atoms with Gasteiger partial charge in [-0.15, -0.1) is 15.3 Å². The minimum Gasteiger partial charge on any atom is -0.462 e. The molecule has 0 saturated heterocycles. The average molecular weight is 577 g/mol. The largest absolute Gasteiger partial charge is 0.462 e. The van der Waals surface area contributed by atoms with Gasteiger partial charge in [-0.2, -0.15) is 13.5 Å². The van der Waals surface area contributed by atoms with E-state index in [4.69, 9.17) is 21.3 Å². The number of esters is 1. The van der Waals surface area contributed by atoms with Gasteiger partial charge in [0.15, 0.2) is 9.84 Å². The van der Waals surface area contributed by atoms with E-state index in [2.05, 4.69) is 20.5 Å². The predicted octanol–water partition coefficient (Wildman–Crippen LogP) is 3.87. The third-order valence-corrected chi connectivity index (χ3v) is 7.65. The summed E-state index contributed by atoms with van der Waals surface area (Å²) >= 11 is 0. The summed E-state index contributed by atoms with van der Waals surface area (Å²) in [6.07, 6.45) is 0. The van der Waals surface area contributed by atoms with Crippen molar-refractivity contribution in [1.29, 1.82) is 0 Å². The Morgan fingerprint density at radius 3 is 2.26 bits per heavy atom. The number of carbonyl (C=O) groups excluding carboxylic acids is 1. The molecule has 0 aliphatic heterocycles. The Morgan fingerprint density at radius 2 is 1.59 bits per heavy atom. The highest BCUT2D eigenvalue weighted by molar-refractivity contribution is 7.91. The molecule has 206 valence electrons. The molecule has 0 bridgehead atoms. The van der Waals surface area contributed by atoms with Gasteiger partial charge in [-0.25, -0.2) is 13.2 Å². The number of aliphatic hydroxyl groups is 1. The standard InChI is InChI=1S/C23H24N6O8S2/c1-2-37-23(31)16-8-3-4-9-17(16)27-28-18-13-19(39(34,35)36)21(25)22(20(18)24)29-26-14-6-5-7-15(12-14)38(32,33)11-10-30/h3-9,12-13,30H,2,10-11,24-25H2,1H3,(H,34,35,36)/b28-27+,29-26+. The molecule has 0 atom stereocenters. The lowest BCUT2D eigenvalue weighted by Crippen LogP contribution is -2.09. The van der Waals surface area contributed by atoms with E-state index in [1.807, 2.05) is 0 Å². The molecule has 0 saturated carbocycles. The van der Waals surface area contributed by atoms with E-state index in [1.165, 1.54) is 36.4 Å². The lowest BCUT2D eigenvalue weighted by atomic mass is 10.2. The lowest BCUT2D eigenvalue weighted by molar-refractivity contribution is 0.0527. The molecule has 3 rings (SSSR count). The third kappa shape index (κ3) is 6.99. The van der Waals surface area contributed by atoms with Crippen LogP contribution in [0.2, 0.25) is 0 Å². The maximum Gasteiger partial charge on any atom is 0.340 e. The fourth-order valence-electron chi connectivity index (χ4n) is 3.20. The number of ether oxygens (including phenoxy) is 1. The van der Waals surface area contributed by atoms with Crippen LogP contribution in [0.5, 0.6) is 0 Å². The maximum absolute atomic E-state index is 12.2. The fraction of sp³-hybridized carbons (Fsp3) is 0.174. The minimum absolute atomic E-state index is 0.0385. The Hall–Kier alpha value is -4.25. The number of anilines is 2. The molecule has 0 spiro atoms. The summed E-state index contributed by atoms with van der Waals surface area (Å²) in [5, 5.41) is 24.7.